The van der Waals surface area contributed by atoms with Crippen molar-refractivity contribution in [3.63, 3.8) is 0 Å². The predicted octanol–water partition coefficient (Wildman–Crippen LogP) is 0.612. The maximum atomic E-state index is 11.2. The zero-order valence-corrected chi connectivity index (χ0v) is 5.97. The summed E-state index contributed by atoms with van der Waals surface area (Å²) in [5, 5.41) is 0. The van der Waals surface area contributed by atoms with Crippen LogP contribution in [0.1, 0.15) is 6.92 Å². The molecule has 0 aromatic carbocycles. The average Bonchev–Trinajstić information content (AvgIpc) is 1.79. The van der Waals surface area contributed by atoms with Crippen LogP contribution in [0.15, 0.2) is 0 Å². The smallest absolute Gasteiger partial charge is 0.454 e. The highest BCUT2D eigenvalue weighted by atomic mass is 19.4. The fraction of sp³-hybridized carbons (Fsp3) is 0.600. The summed E-state index contributed by atoms with van der Waals surface area (Å²) in [4.78, 5) is 20.1. The molecule has 0 unspecified atom stereocenters. The largest absolute Gasteiger partial charge is 0.575 e. The van der Waals surface area contributed by atoms with Gasteiger partial charge in [-0.05, 0) is 0 Å². The molecular weight excluding hydrogens is 181 g/mol. The Labute approximate surface area is 65.2 Å². The summed E-state index contributed by atoms with van der Waals surface area (Å²) in [7, 11) is 0. The molecule has 0 atom stereocenters. The van der Waals surface area contributed by atoms with Crippen molar-refractivity contribution in [1.29, 1.82) is 0 Å². The van der Waals surface area contributed by atoms with E-state index in [-0.39, 0.29) is 0 Å². The van der Waals surface area contributed by atoms with Crippen molar-refractivity contribution in [3.8, 4) is 0 Å². The van der Waals surface area contributed by atoms with Gasteiger partial charge in [0.05, 0.1) is 0 Å². The lowest BCUT2D eigenvalue weighted by Gasteiger charge is -2.06. The molecule has 0 rings (SSSR count). The van der Waals surface area contributed by atoms with Crippen molar-refractivity contribution in [3.05, 3.63) is 0 Å². The Morgan fingerprint density at radius 3 is 2.17 bits per heavy atom. The monoisotopic (exact) mass is 186 g/mol. The van der Waals surface area contributed by atoms with Crippen LogP contribution in [-0.2, 0) is 19.1 Å². The van der Waals surface area contributed by atoms with E-state index in [0.717, 1.165) is 6.92 Å². The van der Waals surface area contributed by atoms with Crippen LogP contribution in [0.4, 0.5) is 13.2 Å². The molecule has 0 aromatic heterocycles. The number of rotatable bonds is 2. The first-order valence-corrected chi connectivity index (χ1v) is 2.73. The van der Waals surface area contributed by atoms with Gasteiger partial charge in [0, 0.05) is 6.92 Å². The van der Waals surface area contributed by atoms with Crippen LogP contribution < -0.4 is 0 Å². The van der Waals surface area contributed by atoms with E-state index in [0.29, 0.717) is 0 Å². The normalized spacial score (nSPS) is 10.7. The van der Waals surface area contributed by atoms with Crippen LogP contribution in [0.2, 0.25) is 0 Å². The van der Waals surface area contributed by atoms with Crippen LogP contribution in [0.3, 0.4) is 0 Å². The van der Waals surface area contributed by atoms with E-state index in [4.69, 9.17) is 0 Å². The van der Waals surface area contributed by atoms with Gasteiger partial charge in [-0.15, -0.1) is 13.2 Å². The molecule has 0 amide bonds. The Morgan fingerprint density at radius 2 is 1.83 bits per heavy atom. The van der Waals surface area contributed by atoms with Gasteiger partial charge in [0.25, 0.3) is 0 Å². The number of hydrogen-bond donors (Lipinski definition) is 0. The van der Waals surface area contributed by atoms with Gasteiger partial charge in [0.2, 0.25) is 0 Å². The van der Waals surface area contributed by atoms with Gasteiger partial charge < -0.3 is 9.47 Å². The minimum atomic E-state index is -5.03. The van der Waals surface area contributed by atoms with Crippen molar-refractivity contribution < 1.29 is 32.2 Å². The summed E-state index contributed by atoms with van der Waals surface area (Å²) >= 11 is 0. The van der Waals surface area contributed by atoms with E-state index in [2.05, 4.69) is 9.47 Å². The summed E-state index contributed by atoms with van der Waals surface area (Å²) in [5.41, 5.74) is 0. The topological polar surface area (TPSA) is 52.6 Å². The molecule has 4 nitrogen and oxygen atoms in total. The summed E-state index contributed by atoms with van der Waals surface area (Å²) in [6, 6.07) is 0. The summed E-state index contributed by atoms with van der Waals surface area (Å²) in [5.74, 6) is -2.51. The highest BCUT2D eigenvalue weighted by Gasteiger charge is 2.34. The van der Waals surface area contributed by atoms with Crippen molar-refractivity contribution in [2.75, 3.05) is 6.61 Å². The molecule has 0 bridgehead atoms. The number of esters is 2. The Morgan fingerprint density at radius 1 is 1.33 bits per heavy atom. The van der Waals surface area contributed by atoms with E-state index in [1.807, 2.05) is 0 Å². The van der Waals surface area contributed by atoms with Crippen LogP contribution in [0.5, 0.6) is 0 Å². The maximum Gasteiger partial charge on any atom is 0.575 e. The molecular formula is C5H5F3O4. The second kappa shape index (κ2) is 3.93. The summed E-state index contributed by atoms with van der Waals surface area (Å²) in [6.07, 6.45) is -5.03. The van der Waals surface area contributed by atoms with Crippen molar-refractivity contribution in [2.24, 2.45) is 0 Å². The molecule has 0 aliphatic carbocycles. The van der Waals surface area contributed by atoms with E-state index in [1.165, 1.54) is 0 Å². The van der Waals surface area contributed by atoms with Gasteiger partial charge in [-0.2, -0.15) is 0 Å². The molecule has 12 heavy (non-hydrogen) atoms. The van der Waals surface area contributed by atoms with Gasteiger partial charge in [0.1, 0.15) is 0 Å². The molecule has 0 spiro atoms. The quantitative estimate of drug-likeness (QED) is 0.593. The zero-order chi connectivity index (χ0) is 9.78. The van der Waals surface area contributed by atoms with E-state index in [1.54, 1.807) is 0 Å². The predicted molar refractivity (Wildman–Crippen MR) is 28.8 cm³/mol. The lowest BCUT2D eigenvalue weighted by atomic mass is 10.7. The van der Waals surface area contributed by atoms with Crippen LogP contribution >= 0.6 is 0 Å². The van der Waals surface area contributed by atoms with Gasteiger partial charge in [-0.3, -0.25) is 4.79 Å². The number of hydrogen-bond acceptors (Lipinski definition) is 4. The van der Waals surface area contributed by atoms with Gasteiger partial charge >= 0.3 is 18.3 Å². The van der Waals surface area contributed by atoms with Crippen molar-refractivity contribution in [2.45, 2.75) is 13.3 Å². The molecule has 70 valence electrons. The minimum absolute atomic E-state index is 0.853. The molecule has 0 aliphatic heterocycles. The minimum Gasteiger partial charge on any atom is -0.454 e. The van der Waals surface area contributed by atoms with Crippen molar-refractivity contribution in [1.82, 2.24) is 0 Å². The number of carbonyl (C=O) groups is 2. The molecule has 7 heteroatoms. The number of ether oxygens (including phenoxy) is 2. The molecule has 0 N–H and O–H groups in total. The summed E-state index contributed by atoms with van der Waals surface area (Å²) < 4.78 is 40.5. The van der Waals surface area contributed by atoms with Gasteiger partial charge in [0.15, 0.2) is 6.61 Å². The van der Waals surface area contributed by atoms with Crippen LogP contribution in [0.25, 0.3) is 0 Å². The third-order valence-electron chi connectivity index (χ3n) is 0.623. The van der Waals surface area contributed by atoms with Crippen LogP contribution in [0, 0.1) is 0 Å². The molecule has 0 heterocycles. The molecule has 0 saturated heterocycles. The Hall–Kier alpha value is -1.27. The highest BCUT2D eigenvalue weighted by Crippen LogP contribution is 2.15. The SMILES string of the molecule is CC(=O)OCC(=O)OC(F)(F)F. The number of carbonyl (C=O) groups excluding carboxylic acids is 2. The third-order valence-corrected chi connectivity index (χ3v) is 0.623. The van der Waals surface area contributed by atoms with E-state index < -0.39 is 24.9 Å². The second-order valence-corrected chi connectivity index (χ2v) is 1.70. The third kappa shape index (κ3) is 6.84. The summed E-state index contributed by atoms with van der Waals surface area (Å²) in [6.45, 7) is -0.0737. The standard InChI is InChI=1S/C5H5F3O4/c1-3(9)11-2-4(10)12-5(6,7)8/h2H2,1H3. The molecule has 0 aromatic rings. The fourth-order valence-electron chi connectivity index (χ4n) is 0.319. The molecule has 0 aliphatic rings. The number of alkyl halides is 3. The zero-order valence-electron chi connectivity index (χ0n) is 5.97. The second-order valence-electron chi connectivity index (χ2n) is 1.70. The van der Waals surface area contributed by atoms with Crippen LogP contribution in [-0.4, -0.2) is 24.9 Å². The fourth-order valence-corrected chi connectivity index (χ4v) is 0.319. The van der Waals surface area contributed by atoms with E-state index in [9.17, 15) is 22.8 Å². The van der Waals surface area contributed by atoms with Crippen molar-refractivity contribution >= 4 is 11.9 Å². The Balaban J connectivity index is 3.68. The van der Waals surface area contributed by atoms with Gasteiger partial charge in [-0.25, -0.2) is 4.79 Å². The molecule has 0 saturated carbocycles. The van der Waals surface area contributed by atoms with Gasteiger partial charge in [-0.1, -0.05) is 0 Å². The average molecular weight is 186 g/mol. The lowest BCUT2D eigenvalue weighted by molar-refractivity contribution is -0.307. The highest BCUT2D eigenvalue weighted by molar-refractivity contribution is 5.75. The first-order valence-electron chi connectivity index (χ1n) is 2.73. The maximum absolute atomic E-state index is 11.2. The molecule has 0 fully saturated rings. The number of halogens is 3. The lowest BCUT2D eigenvalue weighted by Crippen LogP contribution is -2.23. The molecule has 0 radical (unpaired) electrons. The Kier molecular flexibility index (Phi) is 3.52. The Bertz CT molecular complexity index is 186. The first kappa shape index (κ1) is 10.7. The first-order chi connectivity index (χ1) is 5.31. The van der Waals surface area contributed by atoms with E-state index >= 15 is 0 Å².